The Bertz CT molecular complexity index is 647. The number of benzene rings is 2. The van der Waals surface area contributed by atoms with Crippen LogP contribution in [0.15, 0.2) is 36.4 Å². The van der Waals surface area contributed by atoms with Crippen LogP contribution in [0.25, 0.3) is 0 Å². The SMILES string of the molecule is CCOc1cc(Nc2ccc(C#N)cc2)c(N)cc1F. The molecule has 0 aliphatic heterocycles. The lowest BCUT2D eigenvalue weighted by Crippen LogP contribution is -2.01. The molecule has 0 saturated carbocycles. The summed E-state index contributed by atoms with van der Waals surface area (Å²) in [5.41, 5.74) is 7.94. The average molecular weight is 271 g/mol. The van der Waals surface area contributed by atoms with Gasteiger partial charge in [-0.05, 0) is 31.2 Å². The number of hydrogen-bond acceptors (Lipinski definition) is 4. The largest absolute Gasteiger partial charge is 0.491 e. The van der Waals surface area contributed by atoms with Crippen molar-refractivity contribution in [2.75, 3.05) is 17.7 Å². The summed E-state index contributed by atoms with van der Waals surface area (Å²) in [6, 6.07) is 11.7. The second-order valence-electron chi connectivity index (χ2n) is 4.12. The third-order valence-electron chi connectivity index (χ3n) is 2.70. The summed E-state index contributed by atoms with van der Waals surface area (Å²) >= 11 is 0. The Hall–Kier alpha value is -2.74. The van der Waals surface area contributed by atoms with Crippen LogP contribution in [-0.2, 0) is 0 Å². The van der Waals surface area contributed by atoms with Gasteiger partial charge >= 0.3 is 0 Å². The van der Waals surface area contributed by atoms with Crippen LogP contribution in [0, 0.1) is 17.1 Å². The van der Waals surface area contributed by atoms with E-state index in [1.165, 1.54) is 12.1 Å². The molecule has 5 heteroatoms. The van der Waals surface area contributed by atoms with Crippen LogP contribution in [0.1, 0.15) is 12.5 Å². The van der Waals surface area contributed by atoms with E-state index in [1.807, 2.05) is 6.07 Å². The summed E-state index contributed by atoms with van der Waals surface area (Å²) < 4.78 is 18.8. The van der Waals surface area contributed by atoms with Crippen molar-refractivity contribution in [1.29, 1.82) is 5.26 Å². The van der Waals surface area contributed by atoms with Crippen molar-refractivity contribution < 1.29 is 9.13 Å². The minimum absolute atomic E-state index is 0.151. The van der Waals surface area contributed by atoms with E-state index in [1.54, 1.807) is 31.2 Å². The first kappa shape index (κ1) is 13.7. The van der Waals surface area contributed by atoms with Crippen molar-refractivity contribution in [3.05, 3.63) is 47.8 Å². The Morgan fingerprint density at radius 3 is 2.60 bits per heavy atom. The van der Waals surface area contributed by atoms with E-state index in [-0.39, 0.29) is 11.4 Å². The molecule has 0 fully saturated rings. The van der Waals surface area contributed by atoms with Gasteiger partial charge in [0.25, 0.3) is 0 Å². The number of rotatable bonds is 4. The first-order chi connectivity index (χ1) is 9.63. The first-order valence-electron chi connectivity index (χ1n) is 6.13. The molecule has 2 aromatic carbocycles. The van der Waals surface area contributed by atoms with Gasteiger partial charge in [-0.15, -0.1) is 0 Å². The van der Waals surface area contributed by atoms with E-state index in [9.17, 15) is 4.39 Å². The molecule has 0 aliphatic rings. The third kappa shape index (κ3) is 2.98. The zero-order valence-corrected chi connectivity index (χ0v) is 11.0. The smallest absolute Gasteiger partial charge is 0.167 e. The fourth-order valence-corrected chi connectivity index (χ4v) is 1.73. The molecule has 4 nitrogen and oxygen atoms in total. The van der Waals surface area contributed by atoms with Gasteiger partial charge in [-0.1, -0.05) is 0 Å². The van der Waals surface area contributed by atoms with Crippen molar-refractivity contribution >= 4 is 17.1 Å². The zero-order valence-electron chi connectivity index (χ0n) is 11.0. The van der Waals surface area contributed by atoms with Gasteiger partial charge in [0.2, 0.25) is 0 Å². The minimum atomic E-state index is -0.491. The quantitative estimate of drug-likeness (QED) is 0.836. The molecule has 0 amide bonds. The van der Waals surface area contributed by atoms with Gasteiger partial charge in [-0.25, -0.2) is 4.39 Å². The number of nitrogen functional groups attached to an aromatic ring is 1. The van der Waals surface area contributed by atoms with Gasteiger partial charge in [0.1, 0.15) is 0 Å². The summed E-state index contributed by atoms with van der Waals surface area (Å²) in [7, 11) is 0. The molecule has 0 radical (unpaired) electrons. The summed E-state index contributed by atoms with van der Waals surface area (Å²) in [4.78, 5) is 0. The lowest BCUT2D eigenvalue weighted by Gasteiger charge is -2.12. The molecule has 0 heterocycles. The third-order valence-corrected chi connectivity index (χ3v) is 2.70. The molecule has 0 bridgehead atoms. The van der Waals surface area contributed by atoms with Crippen LogP contribution in [0.3, 0.4) is 0 Å². The highest BCUT2D eigenvalue weighted by molar-refractivity contribution is 5.74. The van der Waals surface area contributed by atoms with Crippen LogP contribution in [-0.4, -0.2) is 6.61 Å². The fraction of sp³-hybridized carbons (Fsp3) is 0.133. The molecule has 0 unspecified atom stereocenters. The van der Waals surface area contributed by atoms with E-state index < -0.39 is 5.82 Å². The van der Waals surface area contributed by atoms with Crippen molar-refractivity contribution in [2.45, 2.75) is 6.92 Å². The van der Waals surface area contributed by atoms with Gasteiger partial charge in [0.15, 0.2) is 11.6 Å². The molecule has 0 spiro atoms. The Balaban J connectivity index is 2.27. The summed E-state index contributed by atoms with van der Waals surface area (Å²) in [5.74, 6) is -0.340. The molecule has 3 N–H and O–H groups in total. The molecular weight excluding hydrogens is 257 g/mol. The topological polar surface area (TPSA) is 71.1 Å². The second-order valence-corrected chi connectivity index (χ2v) is 4.12. The Morgan fingerprint density at radius 1 is 1.30 bits per heavy atom. The molecule has 0 atom stereocenters. The predicted molar refractivity (Wildman–Crippen MR) is 76.4 cm³/mol. The van der Waals surface area contributed by atoms with Crippen molar-refractivity contribution in [2.24, 2.45) is 0 Å². The summed E-state index contributed by atoms with van der Waals surface area (Å²) in [5, 5.41) is 11.8. The number of hydrogen-bond donors (Lipinski definition) is 2. The van der Waals surface area contributed by atoms with Gasteiger partial charge in [-0.3, -0.25) is 0 Å². The van der Waals surface area contributed by atoms with Crippen LogP contribution in [0.5, 0.6) is 5.75 Å². The van der Waals surface area contributed by atoms with Crippen molar-refractivity contribution in [1.82, 2.24) is 0 Å². The van der Waals surface area contributed by atoms with Gasteiger partial charge in [0.05, 0.1) is 29.6 Å². The number of nitrogens with zero attached hydrogens (tertiary/aromatic N) is 1. The molecule has 0 saturated heterocycles. The maximum absolute atomic E-state index is 13.6. The van der Waals surface area contributed by atoms with Crippen LogP contribution in [0.2, 0.25) is 0 Å². The van der Waals surface area contributed by atoms with E-state index in [0.717, 1.165) is 5.69 Å². The standard InChI is InChI=1S/C15H14FN3O/c1-2-20-15-8-14(13(18)7-12(15)16)19-11-5-3-10(9-17)4-6-11/h3-8,19H,2,18H2,1H3. The molecule has 2 aromatic rings. The molecular formula is C15H14FN3O. The Morgan fingerprint density at radius 2 is 2.00 bits per heavy atom. The highest BCUT2D eigenvalue weighted by Crippen LogP contribution is 2.30. The number of anilines is 3. The highest BCUT2D eigenvalue weighted by Gasteiger charge is 2.09. The molecule has 20 heavy (non-hydrogen) atoms. The highest BCUT2D eigenvalue weighted by atomic mass is 19.1. The maximum Gasteiger partial charge on any atom is 0.167 e. The lowest BCUT2D eigenvalue weighted by atomic mass is 10.2. The molecule has 0 aliphatic carbocycles. The summed E-state index contributed by atoms with van der Waals surface area (Å²) in [6.45, 7) is 2.15. The Kier molecular flexibility index (Phi) is 4.06. The molecule has 2 rings (SSSR count). The van der Waals surface area contributed by atoms with Crippen LogP contribution < -0.4 is 15.8 Å². The number of ether oxygens (including phenoxy) is 1. The zero-order chi connectivity index (χ0) is 14.5. The van der Waals surface area contributed by atoms with E-state index in [0.29, 0.717) is 17.9 Å². The Labute approximate surface area is 116 Å². The number of halogens is 1. The fourth-order valence-electron chi connectivity index (χ4n) is 1.73. The van der Waals surface area contributed by atoms with Gasteiger partial charge in [0, 0.05) is 17.8 Å². The minimum Gasteiger partial charge on any atom is -0.491 e. The monoisotopic (exact) mass is 271 g/mol. The van der Waals surface area contributed by atoms with Crippen LogP contribution in [0.4, 0.5) is 21.5 Å². The lowest BCUT2D eigenvalue weighted by molar-refractivity contribution is 0.322. The van der Waals surface area contributed by atoms with E-state index in [4.69, 9.17) is 15.7 Å². The van der Waals surface area contributed by atoms with Crippen LogP contribution >= 0.6 is 0 Å². The number of nitrogens with one attached hydrogen (secondary N) is 1. The van der Waals surface area contributed by atoms with Crippen molar-refractivity contribution in [3.63, 3.8) is 0 Å². The molecule has 102 valence electrons. The number of nitrogens with two attached hydrogens (primary N) is 1. The maximum atomic E-state index is 13.6. The molecule has 0 aromatic heterocycles. The predicted octanol–water partition coefficient (Wildman–Crippen LogP) is 3.42. The van der Waals surface area contributed by atoms with Crippen molar-refractivity contribution in [3.8, 4) is 11.8 Å². The first-order valence-corrected chi connectivity index (χ1v) is 6.13. The van der Waals surface area contributed by atoms with E-state index in [2.05, 4.69) is 5.32 Å². The van der Waals surface area contributed by atoms with Gasteiger partial charge < -0.3 is 15.8 Å². The average Bonchev–Trinajstić information content (AvgIpc) is 2.45. The van der Waals surface area contributed by atoms with Gasteiger partial charge in [-0.2, -0.15) is 5.26 Å². The second kappa shape index (κ2) is 5.93. The summed E-state index contributed by atoms with van der Waals surface area (Å²) in [6.07, 6.45) is 0. The van der Waals surface area contributed by atoms with E-state index >= 15 is 0 Å². The normalized spacial score (nSPS) is 9.85. The number of nitriles is 1.